The zero-order valence-corrected chi connectivity index (χ0v) is 18.9. The summed E-state index contributed by atoms with van der Waals surface area (Å²) in [6.07, 6.45) is 9.49. The fraction of sp³-hybridized carbons (Fsp3) is 0.429. The average molecular weight is 475 g/mol. The number of aromatic nitrogens is 4. The van der Waals surface area contributed by atoms with Crippen molar-refractivity contribution in [1.82, 2.24) is 19.6 Å². The van der Waals surface area contributed by atoms with Crippen LogP contribution in [0.3, 0.4) is 0 Å². The normalized spacial score (nSPS) is 18.7. The molecular formula is C21H25BBrFN4O2. The number of rotatable bonds is 4. The molecule has 0 radical (unpaired) electrons. The second-order valence-corrected chi connectivity index (χ2v) is 9.31. The SMILES string of the molecule is C[C@H]1OB(O)c2ccc(F)cc21.Cn1cc(Cc2cnn(CC3(C)CC3)c2)c(Br)n1. The fourth-order valence-corrected chi connectivity index (χ4v) is 4.15. The molecule has 6 nitrogen and oxygen atoms in total. The lowest BCUT2D eigenvalue weighted by molar-refractivity contribution is 0.208. The largest absolute Gasteiger partial charge is 0.491 e. The minimum Gasteiger partial charge on any atom is -0.423 e. The Labute approximate surface area is 184 Å². The molecule has 0 amide bonds. The van der Waals surface area contributed by atoms with Crippen molar-refractivity contribution in [3.63, 3.8) is 0 Å². The minimum atomic E-state index is -0.893. The topological polar surface area (TPSA) is 65.1 Å². The monoisotopic (exact) mass is 474 g/mol. The predicted molar refractivity (Wildman–Crippen MR) is 117 cm³/mol. The minimum absolute atomic E-state index is 0.217. The van der Waals surface area contributed by atoms with Crippen LogP contribution in [0.15, 0.2) is 41.4 Å². The Morgan fingerprint density at radius 3 is 2.80 bits per heavy atom. The number of aryl methyl sites for hydroxylation is 1. The summed E-state index contributed by atoms with van der Waals surface area (Å²) in [6.45, 7) is 5.15. The Hall–Kier alpha value is -1.97. The summed E-state index contributed by atoms with van der Waals surface area (Å²) in [5.41, 5.74) is 4.35. The number of hydrogen-bond donors (Lipinski definition) is 1. The Kier molecular flexibility index (Phi) is 5.87. The summed E-state index contributed by atoms with van der Waals surface area (Å²) in [6, 6.07) is 4.28. The molecule has 3 heterocycles. The van der Waals surface area contributed by atoms with Gasteiger partial charge >= 0.3 is 7.12 Å². The van der Waals surface area contributed by atoms with Crippen molar-refractivity contribution < 1.29 is 14.1 Å². The van der Waals surface area contributed by atoms with Gasteiger partial charge in [0.15, 0.2) is 0 Å². The van der Waals surface area contributed by atoms with Crippen LogP contribution in [0.5, 0.6) is 0 Å². The van der Waals surface area contributed by atoms with Gasteiger partial charge in [0.1, 0.15) is 10.4 Å². The van der Waals surface area contributed by atoms with Gasteiger partial charge in [-0.25, -0.2) is 4.39 Å². The van der Waals surface area contributed by atoms with Gasteiger partial charge in [-0.3, -0.25) is 9.36 Å². The molecule has 30 heavy (non-hydrogen) atoms. The van der Waals surface area contributed by atoms with Crippen LogP contribution in [0, 0.1) is 11.2 Å². The van der Waals surface area contributed by atoms with Crippen molar-refractivity contribution in [2.24, 2.45) is 12.5 Å². The lowest BCUT2D eigenvalue weighted by Crippen LogP contribution is -2.27. The number of hydrogen-bond acceptors (Lipinski definition) is 4. The van der Waals surface area contributed by atoms with Crippen molar-refractivity contribution >= 4 is 28.5 Å². The van der Waals surface area contributed by atoms with Gasteiger partial charge in [-0.15, -0.1) is 0 Å². The molecule has 158 valence electrons. The van der Waals surface area contributed by atoms with E-state index >= 15 is 0 Å². The summed E-state index contributed by atoms with van der Waals surface area (Å²) in [4.78, 5) is 0. The standard InChI is InChI=1S/C13H17BrN4.C8H8BFO2/c1-13(3-4-13)9-18-7-10(6-15-18)5-11-8-17(2)16-12(11)14;1-5-7-4-6(10)2-3-8(7)9(11)12-5/h6-8H,3-5,9H2,1-2H3;2-5,11H,1H3/t;5-/m.1/s1. The molecule has 2 aliphatic rings. The molecule has 0 spiro atoms. The van der Waals surface area contributed by atoms with E-state index in [1.54, 1.807) is 13.0 Å². The molecule has 0 bridgehead atoms. The summed E-state index contributed by atoms with van der Waals surface area (Å²) < 4.78 is 22.6. The molecular weight excluding hydrogens is 450 g/mol. The summed E-state index contributed by atoms with van der Waals surface area (Å²) in [7, 11) is 1.04. The molecule has 1 fully saturated rings. The van der Waals surface area contributed by atoms with Crippen LogP contribution in [0.2, 0.25) is 0 Å². The number of nitrogens with zero attached hydrogens (tertiary/aromatic N) is 4. The molecule has 5 rings (SSSR count). The highest BCUT2D eigenvalue weighted by Crippen LogP contribution is 2.46. The second kappa shape index (κ2) is 8.28. The van der Waals surface area contributed by atoms with Gasteiger partial charge in [-0.05, 0) is 69.8 Å². The Morgan fingerprint density at radius 1 is 1.37 bits per heavy atom. The Bertz CT molecular complexity index is 1050. The van der Waals surface area contributed by atoms with Crippen molar-refractivity contribution in [2.45, 2.75) is 45.8 Å². The number of halogens is 2. The molecule has 1 N–H and O–H groups in total. The van der Waals surface area contributed by atoms with E-state index in [4.69, 9.17) is 4.65 Å². The molecule has 3 aromatic rings. The smallest absolute Gasteiger partial charge is 0.423 e. The molecule has 2 aromatic heterocycles. The van der Waals surface area contributed by atoms with Crippen LogP contribution in [0.25, 0.3) is 0 Å². The van der Waals surface area contributed by atoms with Crippen molar-refractivity contribution in [3.8, 4) is 0 Å². The van der Waals surface area contributed by atoms with Gasteiger partial charge < -0.3 is 9.68 Å². The first kappa shape index (κ1) is 21.3. The first-order chi connectivity index (χ1) is 14.2. The average Bonchev–Trinajstić information content (AvgIpc) is 2.95. The summed E-state index contributed by atoms with van der Waals surface area (Å²) in [5.74, 6) is -0.293. The molecule has 1 saturated carbocycles. The Balaban J connectivity index is 0.000000158. The third-order valence-electron chi connectivity index (χ3n) is 5.67. The zero-order valence-electron chi connectivity index (χ0n) is 17.3. The molecule has 0 unspecified atom stereocenters. The highest BCUT2D eigenvalue weighted by atomic mass is 79.9. The maximum Gasteiger partial charge on any atom is 0.491 e. The van der Waals surface area contributed by atoms with Crippen molar-refractivity contribution in [2.75, 3.05) is 0 Å². The maximum atomic E-state index is 12.7. The van der Waals surface area contributed by atoms with Gasteiger partial charge in [-0.2, -0.15) is 10.2 Å². The molecule has 0 saturated heterocycles. The third kappa shape index (κ3) is 4.84. The molecule has 1 atom stereocenters. The van der Waals surface area contributed by atoms with E-state index in [0.717, 1.165) is 23.1 Å². The first-order valence-electron chi connectivity index (χ1n) is 10.0. The van der Waals surface area contributed by atoms with Crippen molar-refractivity contribution in [3.05, 3.63) is 63.9 Å². The van der Waals surface area contributed by atoms with E-state index in [9.17, 15) is 9.41 Å². The maximum absolute atomic E-state index is 12.7. The number of benzene rings is 1. The predicted octanol–water partition coefficient (Wildman–Crippen LogP) is 3.37. The molecule has 1 aliphatic carbocycles. The number of fused-ring (bicyclic) bond motifs is 1. The van der Waals surface area contributed by atoms with E-state index in [2.05, 4.69) is 43.9 Å². The van der Waals surface area contributed by atoms with E-state index in [-0.39, 0.29) is 11.9 Å². The van der Waals surface area contributed by atoms with Gasteiger partial charge in [0.05, 0.1) is 12.3 Å². The van der Waals surface area contributed by atoms with Gasteiger partial charge in [-0.1, -0.05) is 13.0 Å². The van der Waals surface area contributed by atoms with Crippen LogP contribution in [0.4, 0.5) is 4.39 Å². The van der Waals surface area contributed by atoms with E-state index < -0.39 is 7.12 Å². The quantitative estimate of drug-likeness (QED) is 0.588. The van der Waals surface area contributed by atoms with E-state index in [1.807, 2.05) is 24.1 Å². The van der Waals surface area contributed by atoms with E-state index in [0.29, 0.717) is 10.9 Å². The lowest BCUT2D eigenvalue weighted by atomic mass is 9.79. The Morgan fingerprint density at radius 2 is 2.13 bits per heavy atom. The first-order valence-corrected chi connectivity index (χ1v) is 10.8. The zero-order chi connectivity index (χ0) is 21.5. The molecule has 1 aliphatic heterocycles. The van der Waals surface area contributed by atoms with Crippen LogP contribution >= 0.6 is 15.9 Å². The summed E-state index contributed by atoms with van der Waals surface area (Å²) in [5, 5.41) is 18.0. The van der Waals surface area contributed by atoms with Gasteiger partial charge in [0.25, 0.3) is 0 Å². The van der Waals surface area contributed by atoms with Crippen LogP contribution in [-0.2, 0) is 24.7 Å². The van der Waals surface area contributed by atoms with Gasteiger partial charge in [0, 0.05) is 38.0 Å². The highest BCUT2D eigenvalue weighted by Gasteiger charge is 2.37. The van der Waals surface area contributed by atoms with Crippen LogP contribution in [-0.4, -0.2) is 31.7 Å². The molecule has 1 aromatic carbocycles. The summed E-state index contributed by atoms with van der Waals surface area (Å²) >= 11 is 3.48. The molecule has 9 heteroatoms. The fourth-order valence-electron chi connectivity index (χ4n) is 3.66. The van der Waals surface area contributed by atoms with E-state index in [1.165, 1.54) is 36.1 Å². The van der Waals surface area contributed by atoms with Crippen LogP contribution < -0.4 is 5.46 Å². The van der Waals surface area contributed by atoms with Gasteiger partial charge in [0.2, 0.25) is 0 Å². The highest BCUT2D eigenvalue weighted by molar-refractivity contribution is 9.10. The lowest BCUT2D eigenvalue weighted by Gasteiger charge is -2.06. The van der Waals surface area contributed by atoms with Crippen LogP contribution in [0.1, 0.15) is 49.5 Å². The third-order valence-corrected chi connectivity index (χ3v) is 6.34. The van der Waals surface area contributed by atoms with Crippen molar-refractivity contribution in [1.29, 1.82) is 0 Å². The second-order valence-electron chi connectivity index (χ2n) is 8.56.